The Kier molecular flexibility index (Phi) is 7.13. The van der Waals surface area contributed by atoms with Crippen molar-refractivity contribution in [3.63, 3.8) is 0 Å². The van der Waals surface area contributed by atoms with Gasteiger partial charge in [-0.05, 0) is 39.0 Å². The maximum atomic E-state index is 15.9. The molecule has 0 N–H and O–H groups in total. The van der Waals surface area contributed by atoms with Crippen molar-refractivity contribution < 1.29 is 27.8 Å². The van der Waals surface area contributed by atoms with Gasteiger partial charge in [0.2, 0.25) is 0 Å². The zero-order valence-corrected chi connectivity index (χ0v) is 21.6. The third-order valence-electron chi connectivity index (χ3n) is 5.90. The number of rotatable bonds is 4. The monoisotopic (exact) mass is 519 g/mol. The molecule has 2 heterocycles. The first kappa shape index (κ1) is 25.8. The minimum absolute atomic E-state index is 0.00657. The number of anilines is 1. The molecule has 1 aliphatic heterocycles. The van der Waals surface area contributed by atoms with E-state index in [0.29, 0.717) is 43.0 Å². The number of ether oxygens (including phenoxy) is 3. The molecule has 0 radical (unpaired) electrons. The highest BCUT2D eigenvalue weighted by Gasteiger charge is 2.30. The molecule has 1 amide bonds. The summed E-state index contributed by atoms with van der Waals surface area (Å²) in [6.07, 6.45) is 1.04. The summed E-state index contributed by atoms with van der Waals surface area (Å²) in [5.74, 6) is -0.847. The maximum Gasteiger partial charge on any atom is 0.410 e. The fourth-order valence-electron chi connectivity index (χ4n) is 4.29. The molecule has 0 bridgehead atoms. The van der Waals surface area contributed by atoms with Gasteiger partial charge >= 0.3 is 6.09 Å². The van der Waals surface area contributed by atoms with Crippen molar-refractivity contribution in [1.29, 1.82) is 0 Å². The normalized spacial score (nSPS) is 14.2. The molecule has 1 aromatic heterocycles. The van der Waals surface area contributed by atoms with E-state index in [4.69, 9.17) is 25.8 Å². The standard InChI is InChI=1S/C26H28ClF2N3O4/c1-26(2,3)36-25(33)32-11-9-31(10-12-32)24-15-13-16(27)20(21-17(28)7-6-8-18(21)34-4)22(29)23(15)30-14-19(24)35-5/h6-8,13-14H,9-12H2,1-5H3. The summed E-state index contributed by atoms with van der Waals surface area (Å²) in [5.41, 5.74) is -0.178. The second-order valence-electron chi connectivity index (χ2n) is 9.39. The predicted octanol–water partition coefficient (Wildman–Crippen LogP) is 5.91. The Morgan fingerprint density at radius 2 is 1.69 bits per heavy atom. The number of halogens is 3. The molecular formula is C26H28ClF2N3O4. The van der Waals surface area contributed by atoms with E-state index in [1.165, 1.54) is 38.6 Å². The number of carbonyl (C=O) groups excluding carboxylic acids is 1. The lowest BCUT2D eigenvalue weighted by Gasteiger charge is -2.37. The quantitative estimate of drug-likeness (QED) is 0.427. The van der Waals surface area contributed by atoms with Gasteiger partial charge in [0.1, 0.15) is 22.7 Å². The molecule has 1 aliphatic rings. The van der Waals surface area contributed by atoms with Crippen LogP contribution in [0.5, 0.6) is 11.5 Å². The number of nitrogens with zero attached hydrogens (tertiary/aromatic N) is 3. The molecule has 4 rings (SSSR count). The minimum atomic E-state index is -0.766. The number of hydrogen-bond donors (Lipinski definition) is 0. The first-order chi connectivity index (χ1) is 17.1. The molecular weight excluding hydrogens is 492 g/mol. The van der Waals surface area contributed by atoms with E-state index in [9.17, 15) is 9.18 Å². The summed E-state index contributed by atoms with van der Waals surface area (Å²) in [7, 11) is 2.88. The van der Waals surface area contributed by atoms with Gasteiger partial charge in [-0.2, -0.15) is 0 Å². The predicted molar refractivity (Wildman–Crippen MR) is 135 cm³/mol. The number of benzene rings is 2. The van der Waals surface area contributed by atoms with Crippen molar-refractivity contribution >= 4 is 34.3 Å². The number of pyridine rings is 1. The van der Waals surface area contributed by atoms with Crippen LogP contribution in [0.25, 0.3) is 22.0 Å². The highest BCUT2D eigenvalue weighted by molar-refractivity contribution is 6.34. The Hall–Kier alpha value is -3.33. The number of hydrogen-bond acceptors (Lipinski definition) is 6. The summed E-state index contributed by atoms with van der Waals surface area (Å²) in [6.45, 7) is 7.18. The lowest BCUT2D eigenvalue weighted by Crippen LogP contribution is -2.50. The Bertz CT molecular complexity index is 1300. The topological polar surface area (TPSA) is 64.1 Å². The van der Waals surface area contributed by atoms with Gasteiger partial charge in [0, 0.05) is 37.1 Å². The molecule has 0 saturated carbocycles. The molecule has 36 heavy (non-hydrogen) atoms. The summed E-state index contributed by atoms with van der Waals surface area (Å²) in [5, 5.41) is 0.425. The van der Waals surface area contributed by atoms with Crippen molar-refractivity contribution in [3.8, 4) is 22.6 Å². The van der Waals surface area contributed by atoms with E-state index in [1.807, 2.05) is 25.7 Å². The first-order valence-electron chi connectivity index (χ1n) is 11.5. The SMILES string of the molecule is COc1cccc(F)c1-c1c(Cl)cc2c(N3CCN(C(=O)OC(C)(C)C)CC3)c(OC)cnc2c1F. The zero-order valence-electron chi connectivity index (χ0n) is 20.8. The molecule has 0 unspecified atom stereocenters. The fourth-order valence-corrected chi connectivity index (χ4v) is 4.58. The Morgan fingerprint density at radius 1 is 1.03 bits per heavy atom. The van der Waals surface area contributed by atoms with E-state index >= 15 is 4.39 Å². The molecule has 10 heteroatoms. The van der Waals surface area contributed by atoms with E-state index in [-0.39, 0.29) is 33.5 Å². The molecule has 0 aliphatic carbocycles. The average Bonchev–Trinajstić information content (AvgIpc) is 2.83. The van der Waals surface area contributed by atoms with E-state index in [1.54, 1.807) is 11.0 Å². The maximum absolute atomic E-state index is 15.9. The third kappa shape index (κ3) is 4.84. The molecule has 192 valence electrons. The van der Waals surface area contributed by atoms with Crippen LogP contribution in [0.3, 0.4) is 0 Å². The second kappa shape index (κ2) is 9.97. The summed E-state index contributed by atoms with van der Waals surface area (Å²) in [6, 6.07) is 5.79. The first-order valence-corrected chi connectivity index (χ1v) is 11.8. The van der Waals surface area contributed by atoms with Crippen LogP contribution in [-0.2, 0) is 4.74 Å². The number of aromatic nitrogens is 1. The van der Waals surface area contributed by atoms with Crippen LogP contribution in [0.4, 0.5) is 19.3 Å². The van der Waals surface area contributed by atoms with E-state index in [2.05, 4.69) is 4.98 Å². The van der Waals surface area contributed by atoms with Gasteiger partial charge in [-0.25, -0.2) is 18.6 Å². The van der Waals surface area contributed by atoms with Gasteiger partial charge in [-0.1, -0.05) is 17.7 Å². The molecule has 3 aromatic rings. The van der Waals surface area contributed by atoms with Gasteiger partial charge in [0.25, 0.3) is 0 Å². The molecule has 0 spiro atoms. The van der Waals surface area contributed by atoms with Gasteiger partial charge in [-0.15, -0.1) is 0 Å². The van der Waals surface area contributed by atoms with Crippen LogP contribution >= 0.6 is 11.6 Å². The van der Waals surface area contributed by atoms with Crippen LogP contribution in [0.1, 0.15) is 20.8 Å². The Morgan fingerprint density at radius 3 is 2.31 bits per heavy atom. The van der Waals surface area contributed by atoms with Gasteiger partial charge < -0.3 is 24.0 Å². The number of fused-ring (bicyclic) bond motifs is 1. The van der Waals surface area contributed by atoms with Gasteiger partial charge in [-0.3, -0.25) is 0 Å². The molecule has 1 fully saturated rings. The number of amides is 1. The Balaban J connectivity index is 1.76. The highest BCUT2D eigenvalue weighted by atomic mass is 35.5. The highest BCUT2D eigenvalue weighted by Crippen LogP contribution is 2.44. The van der Waals surface area contributed by atoms with Crippen molar-refractivity contribution in [2.75, 3.05) is 45.3 Å². The second-order valence-corrected chi connectivity index (χ2v) is 9.80. The molecule has 7 nitrogen and oxygen atoms in total. The van der Waals surface area contributed by atoms with Crippen molar-refractivity contribution in [2.45, 2.75) is 26.4 Å². The smallest absolute Gasteiger partial charge is 0.410 e. The largest absolute Gasteiger partial charge is 0.496 e. The lowest BCUT2D eigenvalue weighted by atomic mass is 9.99. The van der Waals surface area contributed by atoms with E-state index in [0.717, 1.165) is 0 Å². The van der Waals surface area contributed by atoms with Crippen LogP contribution in [0, 0.1) is 11.6 Å². The summed E-state index contributed by atoms with van der Waals surface area (Å²) >= 11 is 6.56. The molecule has 0 atom stereocenters. The summed E-state index contributed by atoms with van der Waals surface area (Å²) < 4.78 is 47.0. The van der Waals surface area contributed by atoms with Crippen molar-refractivity contribution in [2.24, 2.45) is 0 Å². The van der Waals surface area contributed by atoms with Gasteiger partial charge in [0.05, 0.1) is 36.7 Å². The lowest BCUT2D eigenvalue weighted by molar-refractivity contribution is 0.0240. The number of piperazine rings is 1. The van der Waals surface area contributed by atoms with E-state index < -0.39 is 17.2 Å². The zero-order chi connectivity index (χ0) is 26.2. The number of carbonyl (C=O) groups is 1. The van der Waals surface area contributed by atoms with Crippen molar-refractivity contribution in [3.05, 3.63) is 47.1 Å². The van der Waals surface area contributed by atoms with Crippen LogP contribution < -0.4 is 14.4 Å². The minimum Gasteiger partial charge on any atom is -0.496 e. The molecule has 1 saturated heterocycles. The summed E-state index contributed by atoms with van der Waals surface area (Å²) in [4.78, 5) is 20.4. The Labute approximate surface area is 213 Å². The third-order valence-corrected chi connectivity index (χ3v) is 6.20. The van der Waals surface area contributed by atoms with Crippen LogP contribution in [-0.4, -0.2) is 62.0 Å². The average molecular weight is 520 g/mol. The molecule has 2 aromatic carbocycles. The van der Waals surface area contributed by atoms with Gasteiger partial charge in [0.15, 0.2) is 11.6 Å². The fraction of sp³-hybridized carbons (Fsp3) is 0.385. The van der Waals surface area contributed by atoms with Crippen LogP contribution in [0.2, 0.25) is 5.02 Å². The van der Waals surface area contributed by atoms with Crippen LogP contribution in [0.15, 0.2) is 30.5 Å². The van der Waals surface area contributed by atoms with Crippen molar-refractivity contribution in [1.82, 2.24) is 9.88 Å². The number of methoxy groups -OCH3 is 2.